The molecular weight excluding hydrogens is 246 g/mol. The van der Waals surface area contributed by atoms with Gasteiger partial charge in [-0.1, -0.05) is 6.42 Å². The zero-order chi connectivity index (χ0) is 14.7. The van der Waals surface area contributed by atoms with Crippen LogP contribution in [-0.4, -0.2) is 22.2 Å². The van der Waals surface area contributed by atoms with Crippen LogP contribution >= 0.6 is 0 Å². The number of carboxylic acids is 2. The molecule has 0 amide bonds. The summed E-state index contributed by atoms with van der Waals surface area (Å²) in [6, 6.07) is 1.98. The third-order valence-electron chi connectivity index (χ3n) is 3.13. The Labute approximate surface area is 113 Å². The molecule has 19 heavy (non-hydrogen) atoms. The molecule has 0 radical (unpaired) electrons. The molecule has 1 unspecified atom stereocenters. The van der Waals surface area contributed by atoms with E-state index in [9.17, 15) is 14.7 Å². The van der Waals surface area contributed by atoms with Crippen molar-refractivity contribution in [3.63, 3.8) is 0 Å². The summed E-state index contributed by atoms with van der Waals surface area (Å²) < 4.78 is 0. The Kier molecular flexibility index (Phi) is 8.04. The molecule has 0 fully saturated rings. The van der Waals surface area contributed by atoms with Crippen molar-refractivity contribution >= 4 is 11.9 Å². The minimum Gasteiger partial charge on any atom is -0.481 e. The van der Waals surface area contributed by atoms with Gasteiger partial charge in [0.2, 0.25) is 0 Å². The predicted molar refractivity (Wildman–Crippen MR) is 69.1 cm³/mol. The van der Waals surface area contributed by atoms with Crippen molar-refractivity contribution in [2.24, 2.45) is 5.41 Å². The molecule has 0 aliphatic carbocycles. The number of terminal acetylenes is 1. The summed E-state index contributed by atoms with van der Waals surface area (Å²) in [5.74, 6) is 0.540. The average Bonchev–Trinajstić information content (AvgIpc) is 2.34. The molecule has 0 spiro atoms. The predicted octanol–water partition coefficient (Wildman–Crippen LogP) is 2.42. The van der Waals surface area contributed by atoms with Gasteiger partial charge < -0.3 is 10.2 Å². The van der Waals surface area contributed by atoms with Gasteiger partial charge >= 0.3 is 11.9 Å². The first kappa shape index (κ1) is 17.0. The third-order valence-corrected chi connectivity index (χ3v) is 3.13. The number of nitrogens with zero attached hydrogens (tertiary/aromatic N) is 1. The van der Waals surface area contributed by atoms with E-state index in [4.69, 9.17) is 16.8 Å². The van der Waals surface area contributed by atoms with Crippen LogP contribution in [0.1, 0.15) is 51.4 Å². The minimum absolute atomic E-state index is 0.0317. The van der Waals surface area contributed by atoms with Crippen molar-refractivity contribution < 1.29 is 19.8 Å². The molecule has 0 rings (SSSR count). The minimum atomic E-state index is -1.02. The smallest absolute Gasteiger partial charge is 0.310 e. The quantitative estimate of drug-likeness (QED) is 0.467. The second kappa shape index (κ2) is 8.99. The first-order valence-electron chi connectivity index (χ1n) is 6.24. The summed E-state index contributed by atoms with van der Waals surface area (Å²) in [7, 11) is 0. The highest BCUT2D eigenvalue weighted by atomic mass is 16.4. The van der Waals surface area contributed by atoms with Gasteiger partial charge in [-0.25, -0.2) is 0 Å². The van der Waals surface area contributed by atoms with E-state index in [2.05, 4.69) is 5.92 Å². The van der Waals surface area contributed by atoms with Crippen molar-refractivity contribution in [1.82, 2.24) is 0 Å². The van der Waals surface area contributed by atoms with Gasteiger partial charge in [-0.05, 0) is 25.7 Å². The van der Waals surface area contributed by atoms with Crippen LogP contribution in [0.15, 0.2) is 0 Å². The van der Waals surface area contributed by atoms with Crippen LogP contribution in [0.4, 0.5) is 0 Å². The van der Waals surface area contributed by atoms with Crippen LogP contribution in [-0.2, 0) is 9.59 Å². The highest BCUT2D eigenvalue weighted by Gasteiger charge is 2.36. The zero-order valence-electron chi connectivity index (χ0n) is 10.9. The Bertz CT molecular complexity index is 391. The van der Waals surface area contributed by atoms with Gasteiger partial charge in [-0.15, -0.1) is 12.3 Å². The van der Waals surface area contributed by atoms with E-state index in [1.54, 1.807) is 0 Å². The normalized spacial score (nSPS) is 12.9. The lowest BCUT2D eigenvalue weighted by Crippen LogP contribution is -2.31. The van der Waals surface area contributed by atoms with Crippen LogP contribution in [0.3, 0.4) is 0 Å². The highest BCUT2D eigenvalue weighted by molar-refractivity contribution is 5.75. The number of hydrogen-bond acceptors (Lipinski definition) is 3. The van der Waals surface area contributed by atoms with E-state index in [0.717, 1.165) is 0 Å². The number of carboxylic acid groups (broad SMARTS) is 2. The SMILES string of the molecule is C#CCC(CCCC#N)(CCCCC(=O)O)C(=O)O. The molecular formula is C14H19NO4. The molecule has 2 N–H and O–H groups in total. The van der Waals surface area contributed by atoms with Crippen molar-refractivity contribution in [3.05, 3.63) is 0 Å². The van der Waals surface area contributed by atoms with Gasteiger partial charge in [0.15, 0.2) is 0 Å². The molecule has 0 aliphatic heterocycles. The van der Waals surface area contributed by atoms with Gasteiger partial charge in [0.05, 0.1) is 11.5 Å². The highest BCUT2D eigenvalue weighted by Crippen LogP contribution is 2.35. The van der Waals surface area contributed by atoms with E-state index in [0.29, 0.717) is 38.5 Å². The summed E-state index contributed by atoms with van der Waals surface area (Å²) in [5, 5.41) is 26.4. The maximum absolute atomic E-state index is 11.4. The monoisotopic (exact) mass is 265 g/mol. The molecule has 0 saturated carbocycles. The second-order valence-corrected chi connectivity index (χ2v) is 4.58. The molecule has 0 bridgehead atoms. The Morgan fingerprint density at radius 1 is 1.16 bits per heavy atom. The molecule has 0 heterocycles. The molecule has 104 valence electrons. The van der Waals surface area contributed by atoms with Crippen LogP contribution in [0.2, 0.25) is 0 Å². The number of hydrogen-bond donors (Lipinski definition) is 2. The Balaban J connectivity index is 4.54. The fourth-order valence-corrected chi connectivity index (χ4v) is 2.03. The first-order chi connectivity index (χ1) is 8.98. The van der Waals surface area contributed by atoms with E-state index in [-0.39, 0.29) is 12.8 Å². The van der Waals surface area contributed by atoms with E-state index < -0.39 is 17.4 Å². The molecule has 0 aromatic rings. The summed E-state index contributed by atoms with van der Waals surface area (Å²) in [5.41, 5.74) is -1.02. The second-order valence-electron chi connectivity index (χ2n) is 4.58. The third kappa shape index (κ3) is 6.47. The molecule has 0 aromatic heterocycles. The maximum atomic E-state index is 11.4. The lowest BCUT2D eigenvalue weighted by Gasteiger charge is -2.27. The molecule has 0 aromatic carbocycles. The molecule has 0 saturated heterocycles. The fourth-order valence-electron chi connectivity index (χ4n) is 2.03. The molecule has 5 nitrogen and oxygen atoms in total. The lowest BCUT2D eigenvalue weighted by molar-refractivity contribution is -0.149. The van der Waals surface area contributed by atoms with Gasteiger partial charge in [-0.2, -0.15) is 5.26 Å². The largest absolute Gasteiger partial charge is 0.481 e. The van der Waals surface area contributed by atoms with Gasteiger partial charge in [0, 0.05) is 19.3 Å². The number of unbranched alkanes of at least 4 members (excludes halogenated alkanes) is 2. The van der Waals surface area contributed by atoms with Crippen molar-refractivity contribution in [2.75, 3.05) is 0 Å². The lowest BCUT2D eigenvalue weighted by atomic mass is 9.75. The van der Waals surface area contributed by atoms with E-state index in [1.807, 2.05) is 6.07 Å². The number of nitriles is 1. The first-order valence-corrected chi connectivity index (χ1v) is 6.24. The summed E-state index contributed by atoms with van der Waals surface area (Å²) in [4.78, 5) is 21.8. The van der Waals surface area contributed by atoms with Crippen LogP contribution < -0.4 is 0 Å². The Morgan fingerprint density at radius 2 is 1.79 bits per heavy atom. The summed E-state index contributed by atoms with van der Waals surface area (Å²) in [6.07, 6.45) is 7.82. The molecule has 1 atom stereocenters. The Morgan fingerprint density at radius 3 is 2.26 bits per heavy atom. The van der Waals surface area contributed by atoms with Crippen molar-refractivity contribution in [2.45, 2.75) is 51.4 Å². The van der Waals surface area contributed by atoms with Gasteiger partial charge in [0.25, 0.3) is 0 Å². The molecule has 0 aliphatic rings. The van der Waals surface area contributed by atoms with Crippen LogP contribution in [0, 0.1) is 29.1 Å². The Hall–Kier alpha value is -2.01. The van der Waals surface area contributed by atoms with Gasteiger partial charge in [-0.3, -0.25) is 9.59 Å². The summed E-state index contributed by atoms with van der Waals surface area (Å²) >= 11 is 0. The maximum Gasteiger partial charge on any atom is 0.310 e. The van der Waals surface area contributed by atoms with Crippen molar-refractivity contribution in [1.29, 1.82) is 5.26 Å². The fraction of sp³-hybridized carbons (Fsp3) is 0.643. The molecule has 5 heteroatoms. The van der Waals surface area contributed by atoms with E-state index in [1.165, 1.54) is 0 Å². The number of carbonyl (C=O) groups is 2. The van der Waals surface area contributed by atoms with Gasteiger partial charge in [0.1, 0.15) is 0 Å². The standard InChI is InChI=1S/C14H19NO4/c1-2-8-14(13(18)19,10-5-6-11-15)9-4-3-7-12(16)17/h1H,3-10H2,(H,16,17)(H,18,19). The van der Waals surface area contributed by atoms with Crippen molar-refractivity contribution in [3.8, 4) is 18.4 Å². The van der Waals surface area contributed by atoms with Crippen LogP contribution in [0.5, 0.6) is 0 Å². The van der Waals surface area contributed by atoms with Crippen LogP contribution in [0.25, 0.3) is 0 Å². The summed E-state index contributed by atoms with van der Waals surface area (Å²) in [6.45, 7) is 0. The van der Waals surface area contributed by atoms with E-state index >= 15 is 0 Å². The zero-order valence-corrected chi connectivity index (χ0v) is 10.9. The topological polar surface area (TPSA) is 98.4 Å². The number of aliphatic carboxylic acids is 2. The average molecular weight is 265 g/mol. The number of rotatable bonds is 10.